The van der Waals surface area contributed by atoms with Crippen LogP contribution in [0.1, 0.15) is 26.7 Å². The number of piperazine rings is 1. The summed E-state index contributed by atoms with van der Waals surface area (Å²) in [6.07, 6.45) is 2.14. The molecule has 1 saturated heterocycles. The minimum atomic E-state index is -0.598. The van der Waals surface area contributed by atoms with Crippen molar-refractivity contribution in [2.45, 2.75) is 32.2 Å². The summed E-state index contributed by atoms with van der Waals surface area (Å²) < 4.78 is 0. The van der Waals surface area contributed by atoms with Gasteiger partial charge in [0.05, 0.1) is 5.54 Å². The van der Waals surface area contributed by atoms with Crippen LogP contribution in [0.4, 0.5) is 0 Å². The molecule has 0 aromatic rings. The fourth-order valence-electron chi connectivity index (χ4n) is 2.74. The van der Waals surface area contributed by atoms with Gasteiger partial charge in [-0.25, -0.2) is 0 Å². The first-order valence-corrected chi connectivity index (χ1v) is 7.50. The summed E-state index contributed by atoms with van der Waals surface area (Å²) in [6, 6.07) is 0. The zero-order chi connectivity index (χ0) is 15.6. The van der Waals surface area contributed by atoms with Gasteiger partial charge in [-0.1, -0.05) is 0 Å². The Labute approximate surface area is 137 Å². The smallest absolute Gasteiger partial charge is 0.312 e. The molecule has 3 amide bonds. The van der Waals surface area contributed by atoms with Gasteiger partial charge in [0.15, 0.2) is 0 Å². The minimum Gasteiger partial charge on any atom is -0.348 e. The molecule has 8 heteroatoms. The van der Waals surface area contributed by atoms with Crippen molar-refractivity contribution in [2.75, 3.05) is 32.7 Å². The van der Waals surface area contributed by atoms with Gasteiger partial charge in [-0.15, -0.1) is 12.4 Å². The maximum absolute atomic E-state index is 12.1. The Morgan fingerprint density at radius 1 is 1.27 bits per heavy atom. The number of nitrogens with zero attached hydrogens (tertiary/aromatic N) is 2. The molecule has 22 heavy (non-hydrogen) atoms. The summed E-state index contributed by atoms with van der Waals surface area (Å²) in [7, 11) is 0. The summed E-state index contributed by atoms with van der Waals surface area (Å²) in [5, 5.41) is 2.93. The minimum absolute atomic E-state index is 0. The van der Waals surface area contributed by atoms with Crippen molar-refractivity contribution in [1.82, 2.24) is 15.1 Å². The van der Waals surface area contributed by atoms with Gasteiger partial charge in [0.25, 0.3) is 0 Å². The van der Waals surface area contributed by atoms with Crippen molar-refractivity contribution in [1.29, 1.82) is 0 Å². The normalized spacial score (nSPS) is 21.2. The maximum atomic E-state index is 12.1. The van der Waals surface area contributed by atoms with Gasteiger partial charge >= 0.3 is 11.8 Å². The van der Waals surface area contributed by atoms with Crippen LogP contribution in [0.2, 0.25) is 0 Å². The predicted molar refractivity (Wildman–Crippen MR) is 84.4 cm³/mol. The fraction of sp³-hybridized carbons (Fsp3) is 0.786. The molecular weight excluding hydrogens is 308 g/mol. The maximum Gasteiger partial charge on any atom is 0.312 e. The van der Waals surface area contributed by atoms with E-state index in [1.54, 1.807) is 0 Å². The van der Waals surface area contributed by atoms with Crippen LogP contribution < -0.4 is 11.1 Å². The van der Waals surface area contributed by atoms with Crippen LogP contribution in [0.3, 0.4) is 0 Å². The molecule has 1 unspecified atom stereocenters. The summed E-state index contributed by atoms with van der Waals surface area (Å²) in [6.45, 7) is 5.45. The lowest BCUT2D eigenvalue weighted by molar-refractivity contribution is -0.156. The number of carbonyl (C=O) groups is 3. The van der Waals surface area contributed by atoms with E-state index in [0.717, 1.165) is 12.8 Å². The van der Waals surface area contributed by atoms with Crippen molar-refractivity contribution in [2.24, 2.45) is 11.7 Å². The van der Waals surface area contributed by atoms with E-state index in [-0.39, 0.29) is 24.9 Å². The lowest BCUT2D eigenvalue weighted by atomic mass is 9.96. The number of halogens is 1. The molecule has 3 N–H and O–H groups in total. The van der Waals surface area contributed by atoms with Gasteiger partial charge in [0.2, 0.25) is 5.91 Å². The van der Waals surface area contributed by atoms with Crippen molar-refractivity contribution in [3.63, 3.8) is 0 Å². The Morgan fingerprint density at radius 3 is 2.32 bits per heavy atom. The van der Waals surface area contributed by atoms with Gasteiger partial charge < -0.3 is 20.9 Å². The van der Waals surface area contributed by atoms with Crippen LogP contribution in [0.25, 0.3) is 0 Å². The zero-order valence-electron chi connectivity index (χ0n) is 13.1. The molecule has 0 bridgehead atoms. The summed E-state index contributed by atoms with van der Waals surface area (Å²) in [5.41, 5.74) is 5.35. The molecule has 2 aliphatic rings. The first-order valence-electron chi connectivity index (χ1n) is 7.50. The molecule has 1 aliphatic heterocycles. The highest BCUT2D eigenvalue weighted by Crippen LogP contribution is 2.38. The van der Waals surface area contributed by atoms with E-state index in [1.807, 2.05) is 13.8 Å². The Kier molecular flexibility index (Phi) is 6.19. The van der Waals surface area contributed by atoms with Crippen molar-refractivity contribution < 1.29 is 14.4 Å². The van der Waals surface area contributed by atoms with Crippen LogP contribution in [0.5, 0.6) is 0 Å². The van der Waals surface area contributed by atoms with E-state index < -0.39 is 17.4 Å². The van der Waals surface area contributed by atoms with Crippen LogP contribution in [0, 0.1) is 5.92 Å². The first-order chi connectivity index (χ1) is 9.91. The van der Waals surface area contributed by atoms with E-state index in [2.05, 4.69) is 5.32 Å². The topological polar surface area (TPSA) is 95.7 Å². The molecule has 1 heterocycles. The Hall–Kier alpha value is -1.34. The number of nitrogens with two attached hydrogens (primary N) is 1. The summed E-state index contributed by atoms with van der Waals surface area (Å²) in [4.78, 5) is 38.7. The van der Waals surface area contributed by atoms with Gasteiger partial charge in [-0.3, -0.25) is 14.4 Å². The molecule has 2 fully saturated rings. The Balaban J connectivity index is 0.00000242. The average Bonchev–Trinajstić information content (AvgIpc) is 3.29. The lowest BCUT2D eigenvalue weighted by Crippen LogP contribution is -2.59. The molecule has 7 nitrogen and oxygen atoms in total. The van der Waals surface area contributed by atoms with Crippen molar-refractivity contribution in [3.8, 4) is 0 Å². The molecule has 0 aromatic heterocycles. The van der Waals surface area contributed by atoms with Crippen LogP contribution in [-0.4, -0.2) is 65.8 Å². The quantitative estimate of drug-likeness (QED) is 0.631. The summed E-state index contributed by atoms with van der Waals surface area (Å²) >= 11 is 0. The number of amides is 3. The van der Waals surface area contributed by atoms with Gasteiger partial charge in [0.1, 0.15) is 6.54 Å². The average molecular weight is 333 g/mol. The predicted octanol–water partition coefficient (Wildman–Crippen LogP) is -0.657. The molecular formula is C14H25ClN4O3. The molecule has 0 radical (unpaired) electrons. The number of hydrogen-bond donors (Lipinski definition) is 2. The molecule has 1 atom stereocenters. The second-order valence-electron chi connectivity index (χ2n) is 6.06. The fourth-order valence-corrected chi connectivity index (χ4v) is 2.74. The molecule has 0 aromatic carbocycles. The lowest BCUT2D eigenvalue weighted by Gasteiger charge is -2.34. The number of likely N-dealkylation sites (N-methyl/N-ethyl adjacent to an activating group) is 1. The van der Waals surface area contributed by atoms with Crippen molar-refractivity contribution >= 4 is 30.1 Å². The highest BCUT2D eigenvalue weighted by atomic mass is 35.5. The van der Waals surface area contributed by atoms with Crippen LogP contribution in [0.15, 0.2) is 0 Å². The molecule has 1 saturated carbocycles. The van der Waals surface area contributed by atoms with Crippen LogP contribution in [-0.2, 0) is 14.4 Å². The van der Waals surface area contributed by atoms with Gasteiger partial charge in [-0.05, 0) is 32.6 Å². The Bertz CT molecular complexity index is 455. The number of nitrogens with one attached hydrogen (secondary N) is 1. The van der Waals surface area contributed by atoms with E-state index in [9.17, 15) is 14.4 Å². The van der Waals surface area contributed by atoms with E-state index in [4.69, 9.17) is 5.73 Å². The van der Waals surface area contributed by atoms with E-state index in [0.29, 0.717) is 32.1 Å². The number of carbonyl (C=O) groups excluding carboxylic acids is 3. The standard InChI is InChI=1S/C14H24N4O3.ClH/c1-3-17-6-7-18(13(21)12(17)20)8-11(19)16-14(2,9-15)10-4-5-10;/h10H,3-9,15H2,1-2H3,(H,16,19);1H. The van der Waals surface area contributed by atoms with Crippen molar-refractivity contribution in [3.05, 3.63) is 0 Å². The third kappa shape index (κ3) is 3.89. The van der Waals surface area contributed by atoms with Gasteiger partial charge in [0, 0.05) is 26.2 Å². The third-order valence-electron chi connectivity index (χ3n) is 4.44. The largest absolute Gasteiger partial charge is 0.348 e. The highest BCUT2D eigenvalue weighted by molar-refractivity contribution is 6.35. The zero-order valence-corrected chi connectivity index (χ0v) is 13.9. The monoisotopic (exact) mass is 332 g/mol. The second-order valence-corrected chi connectivity index (χ2v) is 6.06. The highest BCUT2D eigenvalue weighted by Gasteiger charge is 2.42. The molecule has 2 rings (SSSR count). The van der Waals surface area contributed by atoms with E-state index >= 15 is 0 Å². The van der Waals surface area contributed by atoms with Gasteiger partial charge in [-0.2, -0.15) is 0 Å². The molecule has 0 spiro atoms. The SMILES string of the molecule is CCN1CCN(CC(=O)NC(C)(CN)C2CC2)C(=O)C1=O.Cl. The summed E-state index contributed by atoms with van der Waals surface area (Å²) in [5.74, 6) is -0.957. The molecule has 1 aliphatic carbocycles. The number of hydrogen-bond acceptors (Lipinski definition) is 4. The van der Waals surface area contributed by atoms with Crippen LogP contribution >= 0.6 is 12.4 Å². The Morgan fingerprint density at radius 2 is 1.82 bits per heavy atom. The molecule has 126 valence electrons. The second kappa shape index (κ2) is 7.28. The first kappa shape index (κ1) is 18.7. The third-order valence-corrected chi connectivity index (χ3v) is 4.44. The van der Waals surface area contributed by atoms with E-state index in [1.165, 1.54) is 9.80 Å². The number of rotatable bonds is 6.